The summed E-state index contributed by atoms with van der Waals surface area (Å²) in [5.41, 5.74) is 0.457. The van der Waals surface area contributed by atoms with Crippen molar-refractivity contribution < 1.29 is 9.18 Å². The number of nitrogens with zero attached hydrogens (tertiary/aromatic N) is 3. The normalized spacial score (nSPS) is 18.4. The van der Waals surface area contributed by atoms with Gasteiger partial charge in [0, 0.05) is 38.4 Å². The molecule has 1 aliphatic heterocycles. The number of pyridine rings is 1. The van der Waals surface area contributed by atoms with Gasteiger partial charge < -0.3 is 4.90 Å². The highest BCUT2D eigenvalue weighted by molar-refractivity contribution is 5.93. The molecule has 1 atom stereocenters. The van der Waals surface area contributed by atoms with Crippen molar-refractivity contribution in [3.63, 3.8) is 0 Å². The highest BCUT2D eigenvalue weighted by atomic mass is 19.1. The predicted octanol–water partition coefficient (Wildman–Crippen LogP) is 1.78. The molecular formula is C14H20FN3O. The molecule has 4 nitrogen and oxygen atoms in total. The fourth-order valence-electron chi connectivity index (χ4n) is 2.31. The van der Waals surface area contributed by atoms with Crippen LogP contribution in [0.1, 0.15) is 30.6 Å². The van der Waals surface area contributed by atoms with E-state index >= 15 is 0 Å². The lowest BCUT2D eigenvalue weighted by Crippen LogP contribution is -2.51. The number of piperazine rings is 1. The molecule has 2 rings (SSSR count). The topological polar surface area (TPSA) is 36.4 Å². The van der Waals surface area contributed by atoms with Crippen LogP contribution in [0.25, 0.3) is 0 Å². The van der Waals surface area contributed by atoms with Gasteiger partial charge >= 0.3 is 0 Å². The number of amides is 1. The molecule has 1 aromatic rings. The molecule has 0 saturated carbocycles. The van der Waals surface area contributed by atoms with E-state index in [1.165, 1.54) is 18.3 Å². The number of hydrogen-bond donors (Lipinski definition) is 0. The molecule has 1 aromatic heterocycles. The van der Waals surface area contributed by atoms with Crippen molar-refractivity contribution in [3.05, 3.63) is 29.8 Å². The summed E-state index contributed by atoms with van der Waals surface area (Å²) in [6, 6.07) is 3.28. The quantitative estimate of drug-likeness (QED) is 0.782. The monoisotopic (exact) mass is 265 g/mol. The van der Waals surface area contributed by atoms with Crippen LogP contribution in [0, 0.1) is 5.95 Å². The van der Waals surface area contributed by atoms with Crippen LogP contribution >= 0.6 is 0 Å². The SMILES string of the molecule is CCC(C)N1CCN(C(=O)c2ccc(F)nc2)CC1. The molecule has 2 heterocycles. The molecule has 104 valence electrons. The number of carbonyl (C=O) groups excluding carboxylic acids is 1. The molecule has 19 heavy (non-hydrogen) atoms. The van der Waals surface area contributed by atoms with Gasteiger partial charge in [-0.05, 0) is 25.5 Å². The Labute approximate surface area is 113 Å². The molecule has 5 heteroatoms. The molecule has 0 bridgehead atoms. The predicted molar refractivity (Wildman–Crippen MR) is 71.4 cm³/mol. The summed E-state index contributed by atoms with van der Waals surface area (Å²) in [5.74, 6) is -0.616. The van der Waals surface area contributed by atoms with Gasteiger partial charge in [0.15, 0.2) is 0 Å². The van der Waals surface area contributed by atoms with E-state index < -0.39 is 5.95 Å². The summed E-state index contributed by atoms with van der Waals surface area (Å²) in [4.78, 5) is 19.9. The van der Waals surface area contributed by atoms with Gasteiger partial charge in [0.1, 0.15) is 0 Å². The van der Waals surface area contributed by atoms with Crippen molar-refractivity contribution in [3.8, 4) is 0 Å². The Morgan fingerprint density at radius 1 is 1.37 bits per heavy atom. The first-order chi connectivity index (χ1) is 9.11. The fourth-order valence-corrected chi connectivity index (χ4v) is 2.31. The highest BCUT2D eigenvalue weighted by Crippen LogP contribution is 2.11. The molecular weight excluding hydrogens is 245 g/mol. The maximum Gasteiger partial charge on any atom is 0.255 e. The van der Waals surface area contributed by atoms with E-state index in [1.807, 2.05) is 4.90 Å². The Balaban J connectivity index is 1.94. The van der Waals surface area contributed by atoms with Crippen LogP contribution in [0.2, 0.25) is 0 Å². The Bertz CT molecular complexity index is 427. The summed E-state index contributed by atoms with van der Waals surface area (Å²) in [6.45, 7) is 7.62. The molecule has 0 aliphatic carbocycles. The standard InChI is InChI=1S/C14H20FN3O/c1-3-11(2)17-6-8-18(9-7-17)14(19)12-4-5-13(15)16-10-12/h4-5,10-11H,3,6-9H2,1-2H3. The fraction of sp³-hybridized carbons (Fsp3) is 0.571. The van der Waals surface area contributed by atoms with Crippen LogP contribution in [-0.4, -0.2) is 52.9 Å². The third-order valence-electron chi connectivity index (χ3n) is 3.79. The molecule has 1 unspecified atom stereocenters. The van der Waals surface area contributed by atoms with E-state index in [2.05, 4.69) is 23.7 Å². The van der Waals surface area contributed by atoms with Crippen LogP contribution in [0.5, 0.6) is 0 Å². The number of carbonyl (C=O) groups is 1. The molecule has 1 aliphatic rings. The second kappa shape index (κ2) is 6.10. The first-order valence-electron chi connectivity index (χ1n) is 6.76. The van der Waals surface area contributed by atoms with Crippen molar-refractivity contribution in [1.29, 1.82) is 0 Å². The van der Waals surface area contributed by atoms with E-state index in [4.69, 9.17) is 0 Å². The summed E-state index contributed by atoms with van der Waals surface area (Å²) in [5, 5.41) is 0. The van der Waals surface area contributed by atoms with Crippen molar-refractivity contribution in [2.24, 2.45) is 0 Å². The minimum Gasteiger partial charge on any atom is -0.336 e. The molecule has 0 spiro atoms. The molecule has 1 amide bonds. The van der Waals surface area contributed by atoms with Crippen molar-refractivity contribution in [2.45, 2.75) is 26.3 Å². The van der Waals surface area contributed by atoms with E-state index in [9.17, 15) is 9.18 Å². The maximum absolute atomic E-state index is 12.7. The second-order valence-corrected chi connectivity index (χ2v) is 4.96. The van der Waals surface area contributed by atoms with Crippen LogP contribution in [0.3, 0.4) is 0 Å². The zero-order valence-corrected chi connectivity index (χ0v) is 11.5. The lowest BCUT2D eigenvalue weighted by atomic mass is 10.1. The minimum atomic E-state index is -0.557. The van der Waals surface area contributed by atoms with Gasteiger partial charge in [-0.2, -0.15) is 4.39 Å². The summed E-state index contributed by atoms with van der Waals surface area (Å²) >= 11 is 0. The van der Waals surface area contributed by atoms with Gasteiger partial charge in [-0.1, -0.05) is 6.92 Å². The smallest absolute Gasteiger partial charge is 0.255 e. The second-order valence-electron chi connectivity index (χ2n) is 4.96. The van der Waals surface area contributed by atoms with Crippen LogP contribution in [0.4, 0.5) is 4.39 Å². The maximum atomic E-state index is 12.7. The molecule has 0 aromatic carbocycles. The zero-order valence-electron chi connectivity index (χ0n) is 11.5. The van der Waals surface area contributed by atoms with Crippen molar-refractivity contribution in [2.75, 3.05) is 26.2 Å². The lowest BCUT2D eigenvalue weighted by molar-refractivity contribution is 0.0579. The number of halogens is 1. The van der Waals surface area contributed by atoms with Crippen molar-refractivity contribution >= 4 is 5.91 Å². The van der Waals surface area contributed by atoms with Gasteiger partial charge in [-0.25, -0.2) is 4.98 Å². The Morgan fingerprint density at radius 3 is 2.58 bits per heavy atom. The van der Waals surface area contributed by atoms with Crippen LogP contribution < -0.4 is 0 Å². The molecule has 1 fully saturated rings. The first-order valence-corrected chi connectivity index (χ1v) is 6.76. The molecule has 0 N–H and O–H groups in total. The Kier molecular flexibility index (Phi) is 4.47. The Hall–Kier alpha value is -1.49. The van der Waals surface area contributed by atoms with Crippen LogP contribution in [0.15, 0.2) is 18.3 Å². The summed E-state index contributed by atoms with van der Waals surface area (Å²) in [7, 11) is 0. The van der Waals surface area contributed by atoms with Crippen molar-refractivity contribution in [1.82, 2.24) is 14.8 Å². The number of hydrogen-bond acceptors (Lipinski definition) is 3. The van der Waals surface area contributed by atoms with E-state index in [0.29, 0.717) is 11.6 Å². The van der Waals surface area contributed by atoms with Gasteiger partial charge in [0.05, 0.1) is 5.56 Å². The zero-order chi connectivity index (χ0) is 13.8. The number of rotatable bonds is 3. The highest BCUT2D eigenvalue weighted by Gasteiger charge is 2.24. The third kappa shape index (κ3) is 3.29. The van der Waals surface area contributed by atoms with Gasteiger partial charge in [0.25, 0.3) is 5.91 Å². The average molecular weight is 265 g/mol. The third-order valence-corrected chi connectivity index (χ3v) is 3.79. The average Bonchev–Trinajstić information content (AvgIpc) is 2.46. The summed E-state index contributed by atoms with van der Waals surface area (Å²) in [6.07, 6.45) is 2.43. The van der Waals surface area contributed by atoms with E-state index in [1.54, 1.807) is 0 Å². The van der Waals surface area contributed by atoms with Gasteiger partial charge in [-0.3, -0.25) is 9.69 Å². The summed E-state index contributed by atoms with van der Waals surface area (Å²) < 4.78 is 12.7. The Morgan fingerprint density at radius 2 is 2.05 bits per heavy atom. The minimum absolute atomic E-state index is 0.0590. The lowest BCUT2D eigenvalue weighted by Gasteiger charge is -2.37. The number of aromatic nitrogens is 1. The van der Waals surface area contributed by atoms with Gasteiger partial charge in [-0.15, -0.1) is 0 Å². The molecule has 0 radical (unpaired) electrons. The van der Waals surface area contributed by atoms with E-state index in [-0.39, 0.29) is 5.91 Å². The largest absolute Gasteiger partial charge is 0.336 e. The van der Waals surface area contributed by atoms with Crippen LogP contribution in [-0.2, 0) is 0 Å². The molecule has 1 saturated heterocycles. The van der Waals surface area contributed by atoms with Gasteiger partial charge in [0.2, 0.25) is 5.95 Å². The van der Waals surface area contributed by atoms with E-state index in [0.717, 1.165) is 32.6 Å². The first kappa shape index (κ1) is 13.9.